The van der Waals surface area contributed by atoms with Gasteiger partial charge < -0.3 is 4.74 Å². The maximum Gasteiger partial charge on any atom is 0.142 e. The second-order valence-electron chi connectivity index (χ2n) is 3.32. The number of hydrogen-bond donors (Lipinski definition) is 0. The van der Waals surface area contributed by atoms with E-state index in [1.165, 1.54) is 6.08 Å². The van der Waals surface area contributed by atoms with E-state index in [-0.39, 0.29) is 6.10 Å². The van der Waals surface area contributed by atoms with E-state index >= 15 is 0 Å². The van der Waals surface area contributed by atoms with Gasteiger partial charge in [0.15, 0.2) is 0 Å². The smallest absolute Gasteiger partial charge is 0.142 e. The standard InChI is InChI=1S/C10H18O2/c1-8(2)10(12-4)9(3)6-5-7-11/h5-10H,1-4H3/b6-5+. The molecule has 0 amide bonds. The van der Waals surface area contributed by atoms with E-state index in [2.05, 4.69) is 13.8 Å². The summed E-state index contributed by atoms with van der Waals surface area (Å²) in [4.78, 5) is 10.1. The van der Waals surface area contributed by atoms with Crippen molar-refractivity contribution in [2.75, 3.05) is 7.11 Å². The number of carbonyl (C=O) groups excluding carboxylic acids is 1. The number of rotatable bonds is 5. The van der Waals surface area contributed by atoms with Gasteiger partial charge in [-0.3, -0.25) is 4.79 Å². The lowest BCUT2D eigenvalue weighted by atomic mass is 9.94. The third kappa shape index (κ3) is 3.67. The SMILES string of the molecule is COC(C(C)C)C(C)/C=C/C=O. The molecule has 70 valence electrons. The van der Waals surface area contributed by atoms with Gasteiger partial charge in [-0.2, -0.15) is 0 Å². The molecule has 2 heteroatoms. The molecule has 0 spiro atoms. The van der Waals surface area contributed by atoms with E-state index in [4.69, 9.17) is 4.74 Å². The first-order valence-electron chi connectivity index (χ1n) is 4.28. The predicted molar refractivity (Wildman–Crippen MR) is 50.0 cm³/mol. The summed E-state index contributed by atoms with van der Waals surface area (Å²) in [7, 11) is 1.70. The second kappa shape index (κ2) is 5.95. The molecule has 0 heterocycles. The van der Waals surface area contributed by atoms with Crippen LogP contribution >= 0.6 is 0 Å². The number of ether oxygens (including phenoxy) is 1. The summed E-state index contributed by atoms with van der Waals surface area (Å²) in [6.45, 7) is 6.27. The molecule has 2 atom stereocenters. The molecule has 0 bridgehead atoms. The molecular weight excluding hydrogens is 152 g/mol. The van der Waals surface area contributed by atoms with Gasteiger partial charge in [-0.15, -0.1) is 0 Å². The Balaban J connectivity index is 4.10. The van der Waals surface area contributed by atoms with E-state index in [1.54, 1.807) is 7.11 Å². The van der Waals surface area contributed by atoms with Crippen molar-refractivity contribution in [3.8, 4) is 0 Å². The zero-order valence-corrected chi connectivity index (χ0v) is 8.28. The van der Waals surface area contributed by atoms with Gasteiger partial charge in [-0.05, 0) is 12.0 Å². The van der Waals surface area contributed by atoms with Crippen LogP contribution in [-0.4, -0.2) is 19.5 Å². The van der Waals surface area contributed by atoms with Gasteiger partial charge in [0.2, 0.25) is 0 Å². The Morgan fingerprint density at radius 2 is 1.83 bits per heavy atom. The lowest BCUT2D eigenvalue weighted by Crippen LogP contribution is -2.24. The molecule has 0 aromatic heterocycles. The van der Waals surface area contributed by atoms with E-state index in [1.807, 2.05) is 13.0 Å². The fourth-order valence-electron chi connectivity index (χ4n) is 1.42. The Morgan fingerprint density at radius 3 is 2.17 bits per heavy atom. The number of aldehydes is 1. The summed E-state index contributed by atoms with van der Waals surface area (Å²) in [6, 6.07) is 0. The highest BCUT2D eigenvalue weighted by Gasteiger charge is 2.17. The first-order valence-corrected chi connectivity index (χ1v) is 4.28. The van der Waals surface area contributed by atoms with Crippen LogP contribution < -0.4 is 0 Å². The van der Waals surface area contributed by atoms with Gasteiger partial charge in [0, 0.05) is 13.0 Å². The van der Waals surface area contributed by atoms with Crippen LogP contribution in [0.15, 0.2) is 12.2 Å². The molecule has 0 aliphatic heterocycles. The number of hydrogen-bond acceptors (Lipinski definition) is 2. The first-order chi connectivity index (χ1) is 5.63. The minimum atomic E-state index is 0.196. The Labute approximate surface area is 74.6 Å². The van der Waals surface area contributed by atoms with Crippen molar-refractivity contribution in [2.45, 2.75) is 26.9 Å². The summed E-state index contributed by atoms with van der Waals surface area (Å²) in [6.07, 6.45) is 4.39. The van der Waals surface area contributed by atoms with Crippen LogP contribution in [-0.2, 0) is 9.53 Å². The number of allylic oxidation sites excluding steroid dienone is 1. The average molecular weight is 170 g/mol. The maximum absolute atomic E-state index is 10.1. The molecule has 12 heavy (non-hydrogen) atoms. The minimum Gasteiger partial charge on any atom is -0.381 e. The van der Waals surface area contributed by atoms with Crippen LogP contribution in [0.3, 0.4) is 0 Å². The molecular formula is C10H18O2. The lowest BCUT2D eigenvalue weighted by molar-refractivity contribution is -0.104. The van der Waals surface area contributed by atoms with Gasteiger partial charge in [0.05, 0.1) is 6.10 Å². The van der Waals surface area contributed by atoms with Crippen LogP contribution in [0.5, 0.6) is 0 Å². The third-order valence-corrected chi connectivity index (χ3v) is 1.94. The molecule has 0 radical (unpaired) electrons. The maximum atomic E-state index is 10.1. The summed E-state index contributed by atoms with van der Waals surface area (Å²) >= 11 is 0. The molecule has 0 saturated carbocycles. The van der Waals surface area contributed by atoms with Gasteiger partial charge in [0.1, 0.15) is 6.29 Å². The van der Waals surface area contributed by atoms with Crippen molar-refractivity contribution in [3.05, 3.63) is 12.2 Å². The summed E-state index contributed by atoms with van der Waals surface area (Å²) < 4.78 is 5.30. The molecule has 0 aromatic carbocycles. The highest BCUT2D eigenvalue weighted by atomic mass is 16.5. The Bertz CT molecular complexity index is 150. The molecule has 2 nitrogen and oxygen atoms in total. The minimum absolute atomic E-state index is 0.196. The van der Waals surface area contributed by atoms with Crippen molar-refractivity contribution in [2.24, 2.45) is 11.8 Å². The normalized spacial score (nSPS) is 16.8. The average Bonchev–Trinajstić information content (AvgIpc) is 2.01. The molecule has 0 aromatic rings. The van der Waals surface area contributed by atoms with Crippen LogP contribution in [0.2, 0.25) is 0 Å². The fraction of sp³-hybridized carbons (Fsp3) is 0.700. The molecule has 0 rings (SSSR count). The zero-order valence-electron chi connectivity index (χ0n) is 8.28. The summed E-state index contributed by atoms with van der Waals surface area (Å²) in [5.41, 5.74) is 0. The van der Waals surface area contributed by atoms with Crippen molar-refractivity contribution in [1.82, 2.24) is 0 Å². The Hall–Kier alpha value is -0.630. The third-order valence-electron chi connectivity index (χ3n) is 1.94. The van der Waals surface area contributed by atoms with Crippen LogP contribution in [0, 0.1) is 11.8 Å². The molecule has 0 fully saturated rings. The van der Waals surface area contributed by atoms with Gasteiger partial charge in [-0.25, -0.2) is 0 Å². The first kappa shape index (κ1) is 11.4. The van der Waals surface area contributed by atoms with E-state index < -0.39 is 0 Å². The lowest BCUT2D eigenvalue weighted by Gasteiger charge is -2.23. The van der Waals surface area contributed by atoms with Crippen LogP contribution in [0.1, 0.15) is 20.8 Å². The van der Waals surface area contributed by atoms with Gasteiger partial charge >= 0.3 is 0 Å². The molecule has 0 aliphatic carbocycles. The van der Waals surface area contributed by atoms with Crippen molar-refractivity contribution in [1.29, 1.82) is 0 Å². The van der Waals surface area contributed by atoms with Crippen molar-refractivity contribution < 1.29 is 9.53 Å². The van der Waals surface area contributed by atoms with Gasteiger partial charge in [-0.1, -0.05) is 26.8 Å². The van der Waals surface area contributed by atoms with Crippen LogP contribution in [0.4, 0.5) is 0 Å². The van der Waals surface area contributed by atoms with Gasteiger partial charge in [0.25, 0.3) is 0 Å². The quantitative estimate of drug-likeness (QED) is 0.466. The topological polar surface area (TPSA) is 26.3 Å². The monoisotopic (exact) mass is 170 g/mol. The second-order valence-corrected chi connectivity index (χ2v) is 3.32. The highest BCUT2D eigenvalue weighted by Crippen LogP contribution is 2.16. The summed E-state index contributed by atoms with van der Waals surface area (Å²) in [5, 5.41) is 0. The largest absolute Gasteiger partial charge is 0.381 e. The number of methoxy groups -OCH3 is 1. The predicted octanol–water partition coefficient (Wildman–Crippen LogP) is 2.05. The van der Waals surface area contributed by atoms with Crippen molar-refractivity contribution in [3.63, 3.8) is 0 Å². The Kier molecular flexibility index (Phi) is 5.64. The Morgan fingerprint density at radius 1 is 1.25 bits per heavy atom. The zero-order chi connectivity index (χ0) is 9.56. The molecule has 0 N–H and O–H groups in total. The molecule has 0 saturated heterocycles. The van der Waals surface area contributed by atoms with Crippen LogP contribution in [0.25, 0.3) is 0 Å². The number of carbonyl (C=O) groups is 1. The van der Waals surface area contributed by atoms with E-state index in [9.17, 15) is 4.79 Å². The molecule has 2 unspecified atom stereocenters. The van der Waals surface area contributed by atoms with Crippen molar-refractivity contribution >= 4 is 6.29 Å². The fourth-order valence-corrected chi connectivity index (χ4v) is 1.42. The molecule has 0 aliphatic rings. The highest BCUT2D eigenvalue weighted by molar-refractivity contribution is 5.64. The van der Waals surface area contributed by atoms with E-state index in [0.29, 0.717) is 11.8 Å². The van der Waals surface area contributed by atoms with E-state index in [0.717, 1.165) is 6.29 Å². The summed E-state index contributed by atoms with van der Waals surface area (Å²) in [5.74, 6) is 0.765.